The van der Waals surface area contributed by atoms with Crippen LogP contribution in [0.15, 0.2) is 60.8 Å². The number of piperidine rings is 1. The van der Waals surface area contributed by atoms with Crippen LogP contribution in [-0.4, -0.2) is 33.7 Å². The molecule has 0 aliphatic carbocycles. The second kappa shape index (κ2) is 8.07. The van der Waals surface area contributed by atoms with Gasteiger partial charge in [0.25, 0.3) is 0 Å². The molecule has 5 heteroatoms. The molecule has 0 bridgehead atoms. The maximum Gasteiger partial charge on any atom is 0.166 e. The van der Waals surface area contributed by atoms with Gasteiger partial charge in [-0.2, -0.15) is 0 Å². The van der Waals surface area contributed by atoms with Crippen LogP contribution in [0.4, 0.5) is 0 Å². The molecule has 0 unspecified atom stereocenters. The number of halogens is 1. The Morgan fingerprint density at radius 2 is 1.89 bits per heavy atom. The maximum absolute atomic E-state index is 12.7. The number of benzene rings is 2. The molecule has 0 amide bonds. The van der Waals surface area contributed by atoms with E-state index in [2.05, 4.69) is 27.0 Å². The largest absolute Gasteiger partial charge is 0.341 e. The third-order valence-electron chi connectivity index (χ3n) is 5.14. The minimum atomic E-state index is 0.0846. The summed E-state index contributed by atoms with van der Waals surface area (Å²) >= 11 is 6.02. The van der Waals surface area contributed by atoms with E-state index in [-0.39, 0.29) is 11.7 Å². The molecular formula is C22H22ClN3O. The number of Topliss-reactive ketones (excluding diaryl/α,β-unsaturated/α-hetero) is 1. The van der Waals surface area contributed by atoms with E-state index in [1.165, 1.54) is 0 Å². The summed E-state index contributed by atoms with van der Waals surface area (Å²) in [5.74, 6) is 1.20. The number of aromatic amines is 1. The third kappa shape index (κ3) is 4.29. The second-order valence-corrected chi connectivity index (χ2v) is 7.48. The molecule has 2 heterocycles. The van der Waals surface area contributed by atoms with Crippen molar-refractivity contribution in [3.05, 3.63) is 77.1 Å². The summed E-state index contributed by atoms with van der Waals surface area (Å²) < 4.78 is 0. The first-order valence-electron chi connectivity index (χ1n) is 9.30. The summed E-state index contributed by atoms with van der Waals surface area (Å²) in [5.41, 5.74) is 2.92. The highest BCUT2D eigenvalue weighted by molar-refractivity contribution is 6.31. The number of H-pyrrole nitrogens is 1. The average molecular weight is 380 g/mol. The Hall–Kier alpha value is -2.43. The monoisotopic (exact) mass is 379 g/mol. The molecule has 0 atom stereocenters. The molecule has 27 heavy (non-hydrogen) atoms. The van der Waals surface area contributed by atoms with E-state index in [1.54, 1.807) is 12.1 Å². The molecule has 1 N–H and O–H groups in total. The van der Waals surface area contributed by atoms with Gasteiger partial charge in [-0.1, -0.05) is 54.1 Å². The predicted octanol–water partition coefficient (Wildman–Crippen LogP) is 4.83. The first-order valence-corrected chi connectivity index (χ1v) is 9.68. The number of hydrogen-bond donors (Lipinski definition) is 1. The van der Waals surface area contributed by atoms with Crippen molar-refractivity contribution in [2.75, 3.05) is 13.1 Å². The Balaban J connectivity index is 1.33. The topological polar surface area (TPSA) is 49.0 Å². The van der Waals surface area contributed by atoms with Crippen LogP contribution in [0.3, 0.4) is 0 Å². The van der Waals surface area contributed by atoms with Gasteiger partial charge in [-0.15, -0.1) is 0 Å². The Bertz CT molecular complexity index is 914. The van der Waals surface area contributed by atoms with Gasteiger partial charge >= 0.3 is 0 Å². The van der Waals surface area contributed by atoms with Crippen LogP contribution >= 0.6 is 11.6 Å². The first-order chi connectivity index (χ1) is 13.2. The Kier molecular flexibility index (Phi) is 5.37. The molecule has 3 aromatic rings. The summed E-state index contributed by atoms with van der Waals surface area (Å²) in [7, 11) is 0. The van der Waals surface area contributed by atoms with E-state index in [1.807, 2.05) is 36.5 Å². The molecular weight excluding hydrogens is 358 g/mol. The summed E-state index contributed by atoms with van der Waals surface area (Å²) in [6.45, 7) is 2.66. The fourth-order valence-electron chi connectivity index (χ4n) is 3.65. The number of nitrogens with one attached hydrogen (secondary N) is 1. The molecule has 1 fully saturated rings. The fourth-order valence-corrected chi connectivity index (χ4v) is 3.84. The van der Waals surface area contributed by atoms with Gasteiger partial charge in [-0.05, 0) is 38.1 Å². The molecule has 0 radical (unpaired) electrons. The highest BCUT2D eigenvalue weighted by Crippen LogP contribution is 2.24. The van der Waals surface area contributed by atoms with Crippen LogP contribution in [0.1, 0.15) is 28.9 Å². The van der Waals surface area contributed by atoms with Crippen molar-refractivity contribution in [3.63, 3.8) is 0 Å². The summed E-state index contributed by atoms with van der Waals surface area (Å²) in [4.78, 5) is 23.0. The van der Waals surface area contributed by atoms with Crippen LogP contribution in [0.2, 0.25) is 5.02 Å². The number of imidazole rings is 1. The molecule has 1 aromatic heterocycles. The highest BCUT2D eigenvalue weighted by atomic mass is 35.5. The van der Waals surface area contributed by atoms with Crippen LogP contribution in [0.5, 0.6) is 0 Å². The standard InChI is InChI=1S/C22H22ClN3O/c23-19-8-4-7-18(13-19)21(27)16-9-11-26(12-10-16)15-20-14-24-22(25-20)17-5-2-1-3-6-17/h1-8,13-14,16H,9-12,15H2,(H,24,25). The molecule has 1 saturated heterocycles. The lowest BCUT2D eigenvalue weighted by Gasteiger charge is -2.30. The molecule has 1 aliphatic heterocycles. The number of hydrogen-bond acceptors (Lipinski definition) is 3. The number of carbonyl (C=O) groups excluding carboxylic acids is 1. The zero-order valence-electron chi connectivity index (χ0n) is 15.1. The Morgan fingerprint density at radius 1 is 1.11 bits per heavy atom. The van der Waals surface area contributed by atoms with Gasteiger partial charge in [0.1, 0.15) is 5.82 Å². The maximum atomic E-state index is 12.7. The minimum Gasteiger partial charge on any atom is -0.341 e. The van der Waals surface area contributed by atoms with Crippen LogP contribution in [0.25, 0.3) is 11.4 Å². The van der Waals surface area contributed by atoms with E-state index < -0.39 is 0 Å². The fraction of sp³-hybridized carbons (Fsp3) is 0.273. The summed E-state index contributed by atoms with van der Waals surface area (Å²) in [6, 6.07) is 17.4. The Morgan fingerprint density at radius 3 is 2.63 bits per heavy atom. The van der Waals surface area contributed by atoms with Crippen molar-refractivity contribution in [2.45, 2.75) is 19.4 Å². The van der Waals surface area contributed by atoms with Gasteiger partial charge in [0.15, 0.2) is 5.78 Å². The van der Waals surface area contributed by atoms with Gasteiger partial charge in [0.2, 0.25) is 0 Å². The lowest BCUT2D eigenvalue weighted by molar-refractivity contribution is 0.0834. The number of nitrogens with zero attached hydrogens (tertiary/aromatic N) is 2. The molecule has 138 valence electrons. The molecule has 1 aliphatic rings. The van der Waals surface area contributed by atoms with Crippen molar-refractivity contribution in [1.82, 2.24) is 14.9 Å². The van der Waals surface area contributed by atoms with Crippen LogP contribution in [0, 0.1) is 5.92 Å². The van der Waals surface area contributed by atoms with Gasteiger partial charge in [0, 0.05) is 40.5 Å². The summed E-state index contributed by atoms with van der Waals surface area (Å²) in [6.07, 6.45) is 3.67. The SMILES string of the molecule is O=C(c1cccc(Cl)c1)C1CCN(Cc2cnc(-c3ccccc3)[nH]2)CC1. The Labute approximate surface area is 164 Å². The molecule has 4 nitrogen and oxygen atoms in total. The second-order valence-electron chi connectivity index (χ2n) is 7.05. The van der Waals surface area contributed by atoms with E-state index in [4.69, 9.17) is 11.6 Å². The average Bonchev–Trinajstić information content (AvgIpc) is 3.17. The minimum absolute atomic E-state index is 0.0846. The quantitative estimate of drug-likeness (QED) is 0.646. The summed E-state index contributed by atoms with van der Waals surface area (Å²) in [5, 5.41) is 0.617. The molecule has 0 spiro atoms. The van der Waals surface area contributed by atoms with Crippen molar-refractivity contribution < 1.29 is 4.79 Å². The van der Waals surface area contributed by atoms with Crippen molar-refractivity contribution in [2.24, 2.45) is 5.92 Å². The van der Waals surface area contributed by atoms with Crippen molar-refractivity contribution in [3.8, 4) is 11.4 Å². The number of carbonyl (C=O) groups is 1. The van der Waals surface area contributed by atoms with Crippen molar-refractivity contribution in [1.29, 1.82) is 0 Å². The highest BCUT2D eigenvalue weighted by Gasteiger charge is 2.26. The number of aromatic nitrogens is 2. The third-order valence-corrected chi connectivity index (χ3v) is 5.37. The smallest absolute Gasteiger partial charge is 0.166 e. The van der Waals surface area contributed by atoms with E-state index in [0.717, 1.165) is 55.1 Å². The van der Waals surface area contributed by atoms with Gasteiger partial charge in [-0.25, -0.2) is 4.98 Å². The zero-order chi connectivity index (χ0) is 18.6. The zero-order valence-corrected chi connectivity index (χ0v) is 15.8. The first kappa shape index (κ1) is 18.0. The van der Waals surface area contributed by atoms with Crippen LogP contribution < -0.4 is 0 Å². The lowest BCUT2D eigenvalue weighted by atomic mass is 9.89. The van der Waals surface area contributed by atoms with E-state index in [0.29, 0.717) is 5.02 Å². The van der Waals surface area contributed by atoms with Crippen LogP contribution in [-0.2, 0) is 6.54 Å². The van der Waals surface area contributed by atoms with Gasteiger partial charge in [0.05, 0.1) is 0 Å². The van der Waals surface area contributed by atoms with Gasteiger partial charge < -0.3 is 4.98 Å². The lowest BCUT2D eigenvalue weighted by Crippen LogP contribution is -2.36. The molecule has 4 rings (SSSR count). The molecule has 0 saturated carbocycles. The van der Waals surface area contributed by atoms with Gasteiger partial charge in [-0.3, -0.25) is 9.69 Å². The van der Waals surface area contributed by atoms with E-state index in [9.17, 15) is 4.79 Å². The van der Waals surface area contributed by atoms with E-state index >= 15 is 0 Å². The number of ketones is 1. The predicted molar refractivity (Wildman–Crippen MR) is 108 cm³/mol. The normalized spacial score (nSPS) is 15.7. The van der Waals surface area contributed by atoms with Crippen molar-refractivity contribution >= 4 is 17.4 Å². The molecule has 2 aromatic carbocycles. The number of likely N-dealkylation sites (tertiary alicyclic amines) is 1. The number of rotatable bonds is 5.